The van der Waals surface area contributed by atoms with E-state index in [-0.39, 0.29) is 35.4 Å². The molecule has 7 nitrogen and oxygen atoms in total. The predicted molar refractivity (Wildman–Crippen MR) is 138 cm³/mol. The van der Waals surface area contributed by atoms with Gasteiger partial charge in [-0.1, -0.05) is 26.0 Å². The Morgan fingerprint density at radius 1 is 1.22 bits per heavy atom. The van der Waals surface area contributed by atoms with Gasteiger partial charge in [0.15, 0.2) is 5.96 Å². The van der Waals surface area contributed by atoms with Crippen molar-refractivity contribution in [3.05, 3.63) is 29.8 Å². The van der Waals surface area contributed by atoms with Crippen LogP contribution in [0.2, 0.25) is 0 Å². The third kappa shape index (κ3) is 5.34. The minimum Gasteiger partial charge on any atom is -0.497 e. The highest BCUT2D eigenvalue weighted by Gasteiger charge is 2.59. The average Bonchev–Trinajstić information content (AvgIpc) is 3.26. The molecule has 0 amide bonds. The molecule has 0 radical (unpaired) electrons. The molecule has 2 N–H and O–H groups in total. The lowest BCUT2D eigenvalue weighted by molar-refractivity contribution is -0.106. The number of hydrogen-bond donors (Lipinski definition) is 2. The first-order valence-electron chi connectivity index (χ1n) is 11.7. The Morgan fingerprint density at radius 3 is 2.59 bits per heavy atom. The summed E-state index contributed by atoms with van der Waals surface area (Å²) in [5, 5.41) is 7.20. The Kier molecular flexibility index (Phi) is 9.05. The summed E-state index contributed by atoms with van der Waals surface area (Å²) in [4.78, 5) is 7.53. The molecule has 0 aromatic heterocycles. The van der Waals surface area contributed by atoms with Gasteiger partial charge in [0, 0.05) is 43.6 Å². The maximum Gasteiger partial charge on any atom is 0.191 e. The fourth-order valence-corrected chi connectivity index (χ4v) is 5.41. The maximum absolute atomic E-state index is 5.96. The summed E-state index contributed by atoms with van der Waals surface area (Å²) in [6.45, 7) is 12.5. The zero-order valence-electron chi connectivity index (χ0n) is 19.8. The Morgan fingerprint density at radius 2 is 1.94 bits per heavy atom. The first-order valence-corrected chi connectivity index (χ1v) is 11.7. The van der Waals surface area contributed by atoms with Crippen LogP contribution >= 0.6 is 24.0 Å². The van der Waals surface area contributed by atoms with E-state index in [2.05, 4.69) is 48.4 Å². The quantitative estimate of drug-likeness (QED) is 0.305. The molecule has 2 aliphatic heterocycles. The monoisotopic (exact) mass is 558 g/mol. The lowest BCUT2D eigenvalue weighted by Gasteiger charge is -2.55. The van der Waals surface area contributed by atoms with Crippen molar-refractivity contribution in [3.63, 3.8) is 0 Å². The standard InChI is InChI=1S/C24H38N4O3.HI/c1-5-25-23(27-21-19-10-13-31-22(19)24(21,2)3)26-16-20(28-11-14-30-15-12-28)17-6-8-18(29-4)9-7-17;/h6-9,19-22H,5,10-16H2,1-4H3,(H2,25,26,27);1H. The van der Waals surface area contributed by atoms with Gasteiger partial charge < -0.3 is 24.8 Å². The Labute approximate surface area is 209 Å². The van der Waals surface area contributed by atoms with Crippen LogP contribution in [0.5, 0.6) is 5.75 Å². The molecule has 2 saturated heterocycles. The zero-order valence-corrected chi connectivity index (χ0v) is 22.1. The van der Waals surface area contributed by atoms with Crippen molar-refractivity contribution in [3.8, 4) is 5.75 Å². The normalized spacial score (nSPS) is 28.1. The van der Waals surface area contributed by atoms with Crippen molar-refractivity contribution in [2.45, 2.75) is 45.4 Å². The molecule has 1 saturated carbocycles. The molecule has 3 fully saturated rings. The van der Waals surface area contributed by atoms with E-state index < -0.39 is 0 Å². The molecule has 1 aromatic carbocycles. The molecular weight excluding hydrogens is 519 g/mol. The number of nitrogens with zero attached hydrogens (tertiary/aromatic N) is 2. The van der Waals surface area contributed by atoms with E-state index in [9.17, 15) is 0 Å². The molecule has 4 unspecified atom stereocenters. The summed E-state index contributed by atoms with van der Waals surface area (Å²) in [6.07, 6.45) is 1.50. The molecule has 4 rings (SSSR count). The van der Waals surface area contributed by atoms with Gasteiger partial charge in [0.25, 0.3) is 0 Å². The molecule has 32 heavy (non-hydrogen) atoms. The number of guanidine groups is 1. The molecule has 3 aliphatic rings. The van der Waals surface area contributed by atoms with Crippen molar-refractivity contribution in [2.24, 2.45) is 16.3 Å². The molecule has 2 heterocycles. The maximum atomic E-state index is 5.96. The van der Waals surface area contributed by atoms with Crippen molar-refractivity contribution >= 4 is 29.9 Å². The largest absolute Gasteiger partial charge is 0.497 e. The van der Waals surface area contributed by atoms with Crippen LogP contribution in [-0.2, 0) is 9.47 Å². The summed E-state index contributed by atoms with van der Waals surface area (Å²) < 4.78 is 16.9. The molecule has 1 aromatic rings. The van der Waals surface area contributed by atoms with Gasteiger partial charge in [-0.05, 0) is 31.0 Å². The second kappa shape index (κ2) is 11.4. The molecule has 1 aliphatic carbocycles. The van der Waals surface area contributed by atoms with Gasteiger partial charge in [0.1, 0.15) is 5.75 Å². The highest BCUT2D eigenvalue weighted by molar-refractivity contribution is 14.0. The number of nitrogens with one attached hydrogen (secondary N) is 2. The molecule has 180 valence electrons. The van der Waals surface area contributed by atoms with E-state index in [1.165, 1.54) is 5.56 Å². The fourth-order valence-electron chi connectivity index (χ4n) is 5.41. The number of methoxy groups -OCH3 is 1. The topological polar surface area (TPSA) is 67.4 Å². The van der Waals surface area contributed by atoms with E-state index in [1.807, 2.05) is 12.1 Å². The van der Waals surface area contributed by atoms with E-state index in [0.717, 1.165) is 57.6 Å². The Hall–Kier alpha value is -1.10. The third-order valence-corrected chi connectivity index (χ3v) is 7.15. The third-order valence-electron chi connectivity index (χ3n) is 7.15. The van der Waals surface area contributed by atoms with Gasteiger partial charge in [0.2, 0.25) is 0 Å². The number of hydrogen-bond acceptors (Lipinski definition) is 5. The number of rotatable bonds is 7. The second-order valence-corrected chi connectivity index (χ2v) is 9.34. The lowest BCUT2D eigenvalue weighted by Crippen LogP contribution is -2.68. The molecule has 0 spiro atoms. The van der Waals surface area contributed by atoms with Crippen molar-refractivity contribution in [1.82, 2.24) is 15.5 Å². The van der Waals surface area contributed by atoms with Crippen LogP contribution in [0, 0.1) is 11.3 Å². The van der Waals surface area contributed by atoms with Crippen LogP contribution in [0.3, 0.4) is 0 Å². The first kappa shape index (κ1) is 25.5. The average molecular weight is 559 g/mol. The lowest BCUT2D eigenvalue weighted by atomic mass is 9.57. The van der Waals surface area contributed by atoms with Gasteiger partial charge in [-0.15, -0.1) is 24.0 Å². The van der Waals surface area contributed by atoms with Crippen LogP contribution < -0.4 is 15.4 Å². The van der Waals surface area contributed by atoms with Crippen LogP contribution in [0.4, 0.5) is 0 Å². The van der Waals surface area contributed by atoms with Crippen LogP contribution in [-0.4, -0.2) is 76.1 Å². The first-order chi connectivity index (χ1) is 15.0. The van der Waals surface area contributed by atoms with Crippen molar-refractivity contribution in [1.29, 1.82) is 0 Å². The minimum absolute atomic E-state index is 0. The highest BCUT2D eigenvalue weighted by Crippen LogP contribution is 2.52. The summed E-state index contributed by atoms with van der Waals surface area (Å²) in [6, 6.07) is 8.98. The number of ether oxygens (including phenoxy) is 3. The molecule has 0 bridgehead atoms. The summed E-state index contributed by atoms with van der Waals surface area (Å²) in [5.41, 5.74) is 1.38. The summed E-state index contributed by atoms with van der Waals surface area (Å²) in [5.74, 6) is 2.36. The molecule has 8 heteroatoms. The van der Waals surface area contributed by atoms with Crippen LogP contribution in [0.1, 0.15) is 38.8 Å². The van der Waals surface area contributed by atoms with Crippen molar-refractivity contribution < 1.29 is 14.2 Å². The summed E-state index contributed by atoms with van der Waals surface area (Å²) >= 11 is 0. The Bertz CT molecular complexity index is 752. The van der Waals surface area contributed by atoms with Gasteiger partial charge >= 0.3 is 0 Å². The minimum atomic E-state index is 0. The molecule has 4 atom stereocenters. The van der Waals surface area contributed by atoms with Crippen LogP contribution in [0.25, 0.3) is 0 Å². The smallest absolute Gasteiger partial charge is 0.191 e. The van der Waals surface area contributed by atoms with Gasteiger partial charge in [-0.25, -0.2) is 0 Å². The number of fused-ring (bicyclic) bond motifs is 1. The van der Waals surface area contributed by atoms with Crippen LogP contribution in [0.15, 0.2) is 29.3 Å². The summed E-state index contributed by atoms with van der Waals surface area (Å²) in [7, 11) is 1.70. The van der Waals surface area contributed by atoms with E-state index in [4.69, 9.17) is 19.2 Å². The Balaban J connectivity index is 0.00000289. The van der Waals surface area contributed by atoms with Crippen molar-refractivity contribution in [2.75, 3.05) is 53.1 Å². The number of morpholine rings is 1. The SMILES string of the molecule is CCNC(=NCC(c1ccc(OC)cc1)N1CCOCC1)NC1C2CCOC2C1(C)C.I. The number of aliphatic imine (C=N–C) groups is 1. The zero-order chi connectivity index (χ0) is 21.8. The predicted octanol–water partition coefficient (Wildman–Crippen LogP) is 3.06. The number of halogens is 1. The van der Waals surface area contributed by atoms with E-state index in [0.29, 0.717) is 24.6 Å². The highest BCUT2D eigenvalue weighted by atomic mass is 127. The van der Waals surface area contributed by atoms with Gasteiger partial charge in [-0.2, -0.15) is 0 Å². The van der Waals surface area contributed by atoms with Gasteiger partial charge in [-0.3, -0.25) is 9.89 Å². The van der Waals surface area contributed by atoms with E-state index in [1.54, 1.807) is 7.11 Å². The van der Waals surface area contributed by atoms with Gasteiger partial charge in [0.05, 0.1) is 39.0 Å². The fraction of sp³-hybridized carbons (Fsp3) is 0.708. The molecular formula is C24H39IN4O3. The second-order valence-electron chi connectivity index (χ2n) is 9.34. The van der Waals surface area contributed by atoms with E-state index >= 15 is 0 Å². The number of benzene rings is 1.